The third-order valence-corrected chi connectivity index (χ3v) is 3.48. The first-order valence-corrected chi connectivity index (χ1v) is 7.36. The Balaban J connectivity index is 1.67. The van der Waals surface area contributed by atoms with E-state index in [0.29, 0.717) is 6.42 Å². The van der Waals surface area contributed by atoms with E-state index in [0.717, 1.165) is 17.0 Å². The third kappa shape index (κ3) is 5.19. The molecule has 3 nitrogen and oxygen atoms in total. The predicted molar refractivity (Wildman–Crippen MR) is 80.7 cm³/mol. The number of halogens is 2. The molecule has 0 bridgehead atoms. The van der Waals surface area contributed by atoms with E-state index in [9.17, 15) is 13.6 Å². The summed E-state index contributed by atoms with van der Waals surface area (Å²) in [5.41, 5.74) is 0. The molecule has 1 heterocycles. The second-order valence-corrected chi connectivity index (χ2v) is 5.28. The molecular formula is C16H13F2NO2S. The maximum Gasteiger partial charge on any atom is 0.226 e. The molecule has 0 saturated carbocycles. The molecule has 1 aromatic carbocycles. The highest BCUT2D eigenvalue weighted by atomic mass is 32.1. The number of thiophene rings is 1. The van der Waals surface area contributed by atoms with Crippen LogP contribution in [0.25, 0.3) is 0 Å². The molecule has 0 spiro atoms. The van der Waals surface area contributed by atoms with Gasteiger partial charge in [-0.25, -0.2) is 8.78 Å². The minimum atomic E-state index is -0.772. The van der Waals surface area contributed by atoms with Gasteiger partial charge in [0.15, 0.2) is 11.6 Å². The fraction of sp³-hybridized carbons (Fsp3) is 0.188. The zero-order valence-electron chi connectivity index (χ0n) is 11.6. The van der Waals surface area contributed by atoms with Crippen molar-refractivity contribution in [2.45, 2.75) is 6.42 Å². The molecule has 114 valence electrons. The molecule has 0 radical (unpaired) electrons. The molecule has 0 atom stereocenters. The Morgan fingerprint density at radius 1 is 1.27 bits per heavy atom. The van der Waals surface area contributed by atoms with Crippen LogP contribution in [0.4, 0.5) is 8.78 Å². The molecule has 0 aliphatic heterocycles. The number of amides is 1. The van der Waals surface area contributed by atoms with E-state index in [1.807, 2.05) is 17.5 Å². The average Bonchev–Trinajstić information content (AvgIpc) is 2.97. The van der Waals surface area contributed by atoms with Gasteiger partial charge in [-0.15, -0.1) is 11.3 Å². The first-order chi connectivity index (χ1) is 10.6. The van der Waals surface area contributed by atoms with Crippen LogP contribution in [0.1, 0.15) is 4.88 Å². The molecule has 0 fully saturated rings. The number of nitrogens with one attached hydrogen (secondary N) is 1. The van der Waals surface area contributed by atoms with Crippen molar-refractivity contribution in [3.8, 4) is 17.6 Å². The number of rotatable bonds is 5. The molecule has 1 N–H and O–H groups in total. The second kappa shape index (κ2) is 8.15. The lowest BCUT2D eigenvalue weighted by atomic mass is 10.3. The average molecular weight is 321 g/mol. The molecule has 0 saturated heterocycles. The number of carbonyl (C=O) groups is 1. The number of hydrogen-bond donors (Lipinski definition) is 1. The summed E-state index contributed by atoms with van der Waals surface area (Å²) in [6.45, 7) is 0.156. The highest BCUT2D eigenvalue weighted by Gasteiger charge is 2.03. The van der Waals surface area contributed by atoms with Crippen LogP contribution in [0.2, 0.25) is 0 Å². The topological polar surface area (TPSA) is 38.3 Å². The van der Waals surface area contributed by atoms with Crippen molar-refractivity contribution in [2.24, 2.45) is 0 Å². The van der Waals surface area contributed by atoms with Crippen molar-refractivity contribution in [2.75, 3.05) is 13.2 Å². The molecule has 1 aromatic heterocycles. The maximum atomic E-state index is 13.2. The van der Waals surface area contributed by atoms with Crippen LogP contribution in [0.3, 0.4) is 0 Å². The lowest BCUT2D eigenvalue weighted by Gasteiger charge is -2.02. The smallest absolute Gasteiger partial charge is 0.226 e. The van der Waals surface area contributed by atoms with Crippen LogP contribution < -0.4 is 10.1 Å². The molecule has 0 unspecified atom stereocenters. The van der Waals surface area contributed by atoms with Crippen molar-refractivity contribution in [3.05, 3.63) is 52.2 Å². The minimum Gasteiger partial charge on any atom is -0.478 e. The molecule has 6 heteroatoms. The molecule has 0 aliphatic carbocycles. The Bertz CT molecular complexity index is 690. The van der Waals surface area contributed by atoms with Gasteiger partial charge in [0.1, 0.15) is 12.4 Å². The normalized spacial score (nSPS) is 9.73. The van der Waals surface area contributed by atoms with Crippen LogP contribution in [0.15, 0.2) is 35.7 Å². The van der Waals surface area contributed by atoms with Gasteiger partial charge >= 0.3 is 0 Å². The Hall–Kier alpha value is -2.39. The lowest BCUT2D eigenvalue weighted by Crippen LogP contribution is -2.25. The summed E-state index contributed by atoms with van der Waals surface area (Å²) >= 11 is 1.52. The van der Waals surface area contributed by atoms with Gasteiger partial charge in [0, 0.05) is 10.9 Å². The van der Waals surface area contributed by atoms with Crippen molar-refractivity contribution in [3.63, 3.8) is 0 Å². The van der Waals surface area contributed by atoms with E-state index in [-0.39, 0.29) is 24.8 Å². The maximum absolute atomic E-state index is 13.2. The molecular weight excluding hydrogens is 308 g/mol. The standard InChI is InChI=1S/C16H13F2NO2S/c17-12-5-6-15(14(18)10-12)21-8-2-1-7-19-16(20)11-13-4-3-9-22-13/h3-6,9-10H,7-8,11H2,(H,19,20). The molecule has 2 aromatic rings. The highest BCUT2D eigenvalue weighted by molar-refractivity contribution is 7.10. The van der Waals surface area contributed by atoms with Gasteiger partial charge in [-0.2, -0.15) is 0 Å². The van der Waals surface area contributed by atoms with Gasteiger partial charge in [0.2, 0.25) is 5.91 Å². The van der Waals surface area contributed by atoms with Crippen molar-refractivity contribution in [1.29, 1.82) is 0 Å². The first-order valence-electron chi connectivity index (χ1n) is 6.48. The van der Waals surface area contributed by atoms with Crippen molar-refractivity contribution < 1.29 is 18.3 Å². The Labute approximate surface area is 130 Å². The van der Waals surface area contributed by atoms with Gasteiger partial charge in [-0.1, -0.05) is 17.9 Å². The summed E-state index contributed by atoms with van der Waals surface area (Å²) in [6.07, 6.45) is 0.330. The van der Waals surface area contributed by atoms with Crippen molar-refractivity contribution >= 4 is 17.2 Å². The van der Waals surface area contributed by atoms with Gasteiger partial charge in [-0.05, 0) is 23.6 Å². The van der Waals surface area contributed by atoms with E-state index in [1.54, 1.807) is 0 Å². The van der Waals surface area contributed by atoms with Crippen molar-refractivity contribution in [1.82, 2.24) is 5.32 Å². The molecule has 1 amide bonds. The zero-order chi connectivity index (χ0) is 15.8. The monoisotopic (exact) mass is 321 g/mol. The highest BCUT2D eigenvalue weighted by Crippen LogP contribution is 2.17. The van der Waals surface area contributed by atoms with E-state index in [4.69, 9.17) is 4.74 Å². The van der Waals surface area contributed by atoms with Gasteiger partial charge in [0.05, 0.1) is 13.0 Å². The predicted octanol–water partition coefficient (Wildman–Crippen LogP) is 2.77. The van der Waals surface area contributed by atoms with Crippen LogP contribution in [0.5, 0.6) is 5.75 Å². The SMILES string of the molecule is O=C(Cc1cccs1)NCC#CCOc1ccc(F)cc1F. The quantitative estimate of drug-likeness (QED) is 0.860. The van der Waals surface area contributed by atoms with Gasteiger partial charge in [-0.3, -0.25) is 4.79 Å². The Morgan fingerprint density at radius 3 is 2.86 bits per heavy atom. The lowest BCUT2D eigenvalue weighted by molar-refractivity contribution is -0.120. The first kappa shape index (κ1) is 16.0. The minimum absolute atomic E-state index is 0.0383. The molecule has 2 rings (SSSR count). The van der Waals surface area contributed by atoms with E-state index in [2.05, 4.69) is 17.2 Å². The summed E-state index contributed by atoms with van der Waals surface area (Å²) in [5, 5.41) is 4.56. The van der Waals surface area contributed by atoms with Crippen LogP contribution in [-0.2, 0) is 11.2 Å². The Morgan fingerprint density at radius 2 is 2.14 bits per heavy atom. The van der Waals surface area contributed by atoms with Crippen LogP contribution >= 0.6 is 11.3 Å². The van der Waals surface area contributed by atoms with E-state index >= 15 is 0 Å². The molecule has 0 aliphatic rings. The number of carbonyl (C=O) groups excluding carboxylic acids is 1. The zero-order valence-corrected chi connectivity index (χ0v) is 12.4. The number of benzene rings is 1. The fourth-order valence-electron chi connectivity index (χ4n) is 1.60. The van der Waals surface area contributed by atoms with Gasteiger partial charge < -0.3 is 10.1 Å². The third-order valence-electron chi connectivity index (χ3n) is 2.61. The van der Waals surface area contributed by atoms with E-state index < -0.39 is 11.6 Å². The van der Waals surface area contributed by atoms with Crippen LogP contribution in [-0.4, -0.2) is 19.1 Å². The van der Waals surface area contributed by atoms with Crippen LogP contribution in [0, 0.1) is 23.5 Å². The van der Waals surface area contributed by atoms with Gasteiger partial charge in [0.25, 0.3) is 0 Å². The van der Waals surface area contributed by atoms with E-state index in [1.165, 1.54) is 17.4 Å². The summed E-state index contributed by atoms with van der Waals surface area (Å²) < 4.78 is 31.0. The summed E-state index contributed by atoms with van der Waals surface area (Å²) in [7, 11) is 0. The number of hydrogen-bond acceptors (Lipinski definition) is 3. The summed E-state index contributed by atoms with van der Waals surface area (Å²) in [5.74, 6) is 3.74. The summed E-state index contributed by atoms with van der Waals surface area (Å²) in [6, 6.07) is 6.83. The summed E-state index contributed by atoms with van der Waals surface area (Å²) in [4.78, 5) is 12.5. The Kier molecular flexibility index (Phi) is 5.92. The second-order valence-electron chi connectivity index (χ2n) is 4.25. The fourth-order valence-corrected chi connectivity index (χ4v) is 2.30. The molecule has 22 heavy (non-hydrogen) atoms. The number of ether oxygens (including phenoxy) is 1. The largest absolute Gasteiger partial charge is 0.478 e.